The summed E-state index contributed by atoms with van der Waals surface area (Å²) in [5.41, 5.74) is 3.04. The molecule has 0 saturated carbocycles. The van der Waals surface area contributed by atoms with Crippen LogP contribution < -0.4 is 5.32 Å². The highest BCUT2D eigenvalue weighted by atomic mass is 16.1. The molecule has 3 rings (SSSR count). The Bertz CT molecular complexity index is 707. The largest absolute Gasteiger partial charge is 0.346 e. The maximum absolute atomic E-state index is 12.0. The zero-order valence-electron chi connectivity index (χ0n) is 10.00. The summed E-state index contributed by atoms with van der Waals surface area (Å²) in [5.74, 6) is -0.143. The Morgan fingerprint density at radius 3 is 3.05 bits per heavy atom. The summed E-state index contributed by atoms with van der Waals surface area (Å²) in [6, 6.07) is 7.10. The summed E-state index contributed by atoms with van der Waals surface area (Å²) in [4.78, 5) is 26.9. The van der Waals surface area contributed by atoms with E-state index in [0.29, 0.717) is 12.1 Å². The number of imidazole rings is 1. The topological polar surface area (TPSA) is 83.6 Å². The minimum Gasteiger partial charge on any atom is -0.346 e. The van der Waals surface area contributed by atoms with Gasteiger partial charge in [0.15, 0.2) is 0 Å². The van der Waals surface area contributed by atoms with Crippen LogP contribution >= 0.6 is 0 Å². The Hall–Kier alpha value is -2.76. The van der Waals surface area contributed by atoms with Crippen molar-refractivity contribution < 1.29 is 4.79 Å². The van der Waals surface area contributed by atoms with E-state index in [2.05, 4.69) is 25.3 Å². The van der Waals surface area contributed by atoms with Gasteiger partial charge in [-0.05, 0) is 24.3 Å². The molecule has 3 aromatic rings. The first-order valence-corrected chi connectivity index (χ1v) is 5.79. The molecule has 19 heavy (non-hydrogen) atoms. The molecule has 0 aliphatic heterocycles. The van der Waals surface area contributed by atoms with Crippen LogP contribution in [0.4, 0.5) is 0 Å². The molecule has 0 unspecified atom stereocenters. The molecule has 0 saturated heterocycles. The number of benzene rings is 1. The lowest BCUT2D eigenvalue weighted by atomic mass is 10.2. The molecule has 0 spiro atoms. The van der Waals surface area contributed by atoms with Gasteiger partial charge in [-0.2, -0.15) is 0 Å². The van der Waals surface area contributed by atoms with Crippen LogP contribution in [0.15, 0.2) is 43.1 Å². The van der Waals surface area contributed by atoms with Crippen molar-refractivity contribution >= 4 is 16.9 Å². The molecule has 0 radical (unpaired) electrons. The number of rotatable bonds is 3. The van der Waals surface area contributed by atoms with E-state index >= 15 is 0 Å². The summed E-state index contributed by atoms with van der Waals surface area (Å²) < 4.78 is 0. The highest BCUT2D eigenvalue weighted by molar-refractivity contribution is 5.97. The number of carbonyl (C=O) groups excluding carboxylic acids is 1. The Balaban J connectivity index is 1.73. The van der Waals surface area contributed by atoms with Crippen molar-refractivity contribution in [2.45, 2.75) is 6.54 Å². The van der Waals surface area contributed by atoms with Gasteiger partial charge in [0.25, 0.3) is 5.91 Å². The third kappa shape index (κ3) is 2.42. The average molecular weight is 253 g/mol. The van der Waals surface area contributed by atoms with E-state index in [4.69, 9.17) is 0 Å². The second-order valence-electron chi connectivity index (χ2n) is 4.02. The van der Waals surface area contributed by atoms with Gasteiger partial charge in [0.05, 0.1) is 29.6 Å². The number of aromatic amines is 1. The molecular weight excluding hydrogens is 242 g/mol. The number of carbonyl (C=O) groups is 1. The van der Waals surface area contributed by atoms with Crippen molar-refractivity contribution in [3.8, 4) is 0 Å². The van der Waals surface area contributed by atoms with Gasteiger partial charge in [0, 0.05) is 11.8 Å². The fraction of sp³-hybridized carbons (Fsp3) is 0.0769. The van der Waals surface area contributed by atoms with Crippen LogP contribution in [0.25, 0.3) is 11.0 Å². The molecule has 0 aliphatic rings. The van der Waals surface area contributed by atoms with Gasteiger partial charge in [-0.3, -0.25) is 4.79 Å². The number of nitrogens with one attached hydrogen (secondary N) is 2. The van der Waals surface area contributed by atoms with Crippen LogP contribution in [-0.4, -0.2) is 25.8 Å². The predicted molar refractivity (Wildman–Crippen MR) is 69.3 cm³/mol. The molecule has 2 N–H and O–H groups in total. The molecule has 0 fully saturated rings. The van der Waals surface area contributed by atoms with Crippen LogP contribution in [0.3, 0.4) is 0 Å². The molecule has 2 heterocycles. The summed E-state index contributed by atoms with van der Waals surface area (Å²) in [6.07, 6.45) is 4.70. The number of H-pyrrole nitrogens is 1. The van der Waals surface area contributed by atoms with Crippen molar-refractivity contribution in [2.24, 2.45) is 0 Å². The predicted octanol–water partition coefficient (Wildman–Crippen LogP) is 1.28. The number of hydrogen-bond donors (Lipinski definition) is 2. The number of nitrogens with zero attached hydrogens (tertiary/aromatic N) is 3. The molecule has 1 aromatic carbocycles. The number of amides is 1. The summed E-state index contributed by atoms with van der Waals surface area (Å²) in [5, 5.41) is 2.81. The third-order valence-corrected chi connectivity index (χ3v) is 2.76. The smallest absolute Gasteiger partial charge is 0.251 e. The average Bonchev–Trinajstić information content (AvgIpc) is 2.93. The van der Waals surface area contributed by atoms with Gasteiger partial charge in [-0.1, -0.05) is 0 Å². The Morgan fingerprint density at radius 1 is 1.26 bits per heavy atom. The minimum absolute atomic E-state index is 0.143. The molecule has 0 atom stereocenters. The molecular formula is C13H11N5O. The van der Waals surface area contributed by atoms with Crippen molar-refractivity contribution in [3.63, 3.8) is 0 Å². The fourth-order valence-electron chi connectivity index (χ4n) is 1.77. The van der Waals surface area contributed by atoms with Crippen LogP contribution in [0.1, 0.15) is 16.1 Å². The first-order valence-electron chi connectivity index (χ1n) is 5.79. The van der Waals surface area contributed by atoms with Gasteiger partial charge >= 0.3 is 0 Å². The molecule has 2 aromatic heterocycles. The molecule has 0 bridgehead atoms. The first-order chi connectivity index (χ1) is 9.33. The molecule has 0 aliphatic carbocycles. The SMILES string of the molecule is O=C(NCc1ccncn1)c1ccc2nc[nH]c2c1. The van der Waals surface area contributed by atoms with Crippen LogP contribution in [-0.2, 0) is 6.54 Å². The van der Waals surface area contributed by atoms with E-state index in [-0.39, 0.29) is 5.91 Å². The maximum Gasteiger partial charge on any atom is 0.251 e. The first kappa shape index (κ1) is 11.3. The second kappa shape index (κ2) is 4.85. The normalized spacial score (nSPS) is 10.5. The van der Waals surface area contributed by atoms with E-state index in [1.165, 1.54) is 6.33 Å². The van der Waals surface area contributed by atoms with E-state index in [0.717, 1.165) is 16.7 Å². The highest BCUT2D eigenvalue weighted by Crippen LogP contribution is 2.11. The monoisotopic (exact) mass is 253 g/mol. The number of aromatic nitrogens is 4. The van der Waals surface area contributed by atoms with Crippen molar-refractivity contribution in [1.29, 1.82) is 0 Å². The molecule has 94 valence electrons. The fourth-order valence-corrected chi connectivity index (χ4v) is 1.77. The number of hydrogen-bond acceptors (Lipinski definition) is 4. The van der Waals surface area contributed by atoms with Crippen LogP contribution in [0.5, 0.6) is 0 Å². The van der Waals surface area contributed by atoms with Gasteiger partial charge < -0.3 is 10.3 Å². The Kier molecular flexibility index (Phi) is 2.89. The summed E-state index contributed by atoms with van der Waals surface area (Å²) in [6.45, 7) is 0.377. The van der Waals surface area contributed by atoms with Gasteiger partial charge in [0.2, 0.25) is 0 Å². The maximum atomic E-state index is 12.0. The molecule has 1 amide bonds. The van der Waals surface area contributed by atoms with Gasteiger partial charge in [-0.15, -0.1) is 0 Å². The lowest BCUT2D eigenvalue weighted by molar-refractivity contribution is 0.0950. The third-order valence-electron chi connectivity index (χ3n) is 2.76. The zero-order valence-corrected chi connectivity index (χ0v) is 10.00. The molecule has 6 nitrogen and oxygen atoms in total. The molecule has 6 heteroatoms. The van der Waals surface area contributed by atoms with E-state index in [1.54, 1.807) is 30.7 Å². The summed E-state index contributed by atoms with van der Waals surface area (Å²) in [7, 11) is 0. The van der Waals surface area contributed by atoms with E-state index in [9.17, 15) is 4.79 Å². The lowest BCUT2D eigenvalue weighted by Crippen LogP contribution is -2.23. The van der Waals surface area contributed by atoms with Crippen LogP contribution in [0.2, 0.25) is 0 Å². The zero-order chi connectivity index (χ0) is 13.1. The van der Waals surface area contributed by atoms with Crippen molar-refractivity contribution in [2.75, 3.05) is 0 Å². The van der Waals surface area contributed by atoms with Crippen molar-refractivity contribution in [1.82, 2.24) is 25.3 Å². The van der Waals surface area contributed by atoms with Crippen molar-refractivity contribution in [3.05, 3.63) is 54.4 Å². The summed E-state index contributed by atoms with van der Waals surface area (Å²) >= 11 is 0. The van der Waals surface area contributed by atoms with Crippen LogP contribution in [0, 0.1) is 0 Å². The lowest BCUT2D eigenvalue weighted by Gasteiger charge is -2.04. The Morgan fingerprint density at radius 2 is 2.21 bits per heavy atom. The standard InChI is InChI=1S/C13H11N5O/c19-13(15-6-10-3-4-14-7-16-10)9-1-2-11-12(5-9)18-8-17-11/h1-5,7-8H,6H2,(H,15,19)(H,17,18). The quantitative estimate of drug-likeness (QED) is 0.736. The van der Waals surface area contributed by atoms with E-state index < -0.39 is 0 Å². The Labute approximate surface area is 108 Å². The van der Waals surface area contributed by atoms with Gasteiger partial charge in [0.1, 0.15) is 6.33 Å². The van der Waals surface area contributed by atoms with Gasteiger partial charge in [-0.25, -0.2) is 15.0 Å². The second-order valence-corrected chi connectivity index (χ2v) is 4.02. The van der Waals surface area contributed by atoms with E-state index in [1.807, 2.05) is 6.07 Å². The minimum atomic E-state index is -0.143. The number of fused-ring (bicyclic) bond motifs is 1. The highest BCUT2D eigenvalue weighted by Gasteiger charge is 2.07.